The topological polar surface area (TPSA) is 40.9 Å². The summed E-state index contributed by atoms with van der Waals surface area (Å²) in [5, 5.41) is 8.85. The fraction of sp³-hybridized carbons (Fsp3) is 0.0667. The first-order chi connectivity index (χ1) is 8.61. The molecule has 2 aromatic carbocycles. The second-order valence-electron chi connectivity index (χ2n) is 3.94. The minimum absolute atomic E-state index is 0.132. The van der Waals surface area contributed by atoms with E-state index in [-0.39, 0.29) is 5.78 Å². The van der Waals surface area contributed by atoms with Gasteiger partial charge in [-0.05, 0) is 48.4 Å². The molecule has 0 atom stereocenters. The Labute approximate surface area is 104 Å². The number of halogens is 1. The molecule has 0 amide bonds. The second kappa shape index (κ2) is 4.80. The van der Waals surface area contributed by atoms with E-state index in [2.05, 4.69) is 0 Å². The van der Waals surface area contributed by atoms with Crippen LogP contribution in [0.3, 0.4) is 0 Å². The molecule has 3 heteroatoms. The summed E-state index contributed by atoms with van der Waals surface area (Å²) in [6.07, 6.45) is 0. The minimum atomic E-state index is -0.405. The molecule has 0 unspecified atom stereocenters. The lowest BCUT2D eigenvalue weighted by atomic mass is 9.96. The Kier molecular flexibility index (Phi) is 3.20. The summed E-state index contributed by atoms with van der Waals surface area (Å²) in [4.78, 5) is 11.5. The van der Waals surface area contributed by atoms with Gasteiger partial charge in [0, 0.05) is 5.56 Å². The molecule has 2 aromatic rings. The third-order valence-corrected chi connectivity index (χ3v) is 2.66. The second-order valence-corrected chi connectivity index (χ2v) is 3.94. The van der Waals surface area contributed by atoms with E-state index in [1.54, 1.807) is 24.3 Å². The monoisotopic (exact) mass is 239 g/mol. The van der Waals surface area contributed by atoms with Crippen LogP contribution in [0.25, 0.3) is 11.1 Å². The quantitative estimate of drug-likeness (QED) is 0.752. The molecule has 88 valence electrons. The summed E-state index contributed by atoms with van der Waals surface area (Å²) in [7, 11) is 0. The highest BCUT2D eigenvalue weighted by atomic mass is 19.1. The summed E-state index contributed by atoms with van der Waals surface area (Å²) in [5.74, 6) is -0.537. The van der Waals surface area contributed by atoms with Crippen molar-refractivity contribution in [1.82, 2.24) is 0 Å². The molecule has 0 spiro atoms. The Morgan fingerprint density at radius 1 is 1.22 bits per heavy atom. The molecule has 0 aliphatic rings. The van der Waals surface area contributed by atoms with Gasteiger partial charge in [0.15, 0.2) is 5.78 Å². The molecular weight excluding hydrogens is 229 g/mol. The summed E-state index contributed by atoms with van der Waals surface area (Å²) in [6.45, 7) is 1.44. The van der Waals surface area contributed by atoms with E-state index in [9.17, 15) is 9.18 Å². The highest BCUT2D eigenvalue weighted by molar-refractivity contribution is 6.00. The third kappa shape index (κ3) is 2.28. The number of nitriles is 1. The van der Waals surface area contributed by atoms with Gasteiger partial charge in [0.05, 0.1) is 11.6 Å². The van der Waals surface area contributed by atoms with Gasteiger partial charge in [-0.1, -0.05) is 12.1 Å². The number of hydrogen-bond acceptors (Lipinski definition) is 2. The Balaban J connectivity index is 2.66. The molecule has 0 N–H and O–H groups in total. The normalized spacial score (nSPS) is 9.83. The van der Waals surface area contributed by atoms with E-state index < -0.39 is 5.82 Å². The standard InChI is InChI=1S/C15H10FNO/c1-10(18)14-6-5-13(16)8-15(14)12-4-2-3-11(7-12)9-17/h2-8H,1H3. The molecule has 0 saturated carbocycles. The van der Waals surface area contributed by atoms with Gasteiger partial charge in [-0.2, -0.15) is 5.26 Å². The summed E-state index contributed by atoms with van der Waals surface area (Å²) in [5.41, 5.74) is 2.11. The smallest absolute Gasteiger partial charge is 0.160 e. The van der Waals surface area contributed by atoms with Crippen LogP contribution < -0.4 is 0 Å². The zero-order chi connectivity index (χ0) is 13.1. The maximum atomic E-state index is 13.3. The predicted molar refractivity (Wildman–Crippen MR) is 66.6 cm³/mol. The van der Waals surface area contributed by atoms with Gasteiger partial charge in [-0.15, -0.1) is 0 Å². The van der Waals surface area contributed by atoms with E-state index in [1.165, 1.54) is 25.1 Å². The van der Waals surface area contributed by atoms with Crippen molar-refractivity contribution in [3.05, 3.63) is 59.4 Å². The SMILES string of the molecule is CC(=O)c1ccc(F)cc1-c1cccc(C#N)c1. The summed E-state index contributed by atoms with van der Waals surface area (Å²) >= 11 is 0. The van der Waals surface area contributed by atoms with Crippen molar-refractivity contribution >= 4 is 5.78 Å². The van der Waals surface area contributed by atoms with Crippen LogP contribution in [0.2, 0.25) is 0 Å². The molecule has 0 fully saturated rings. The zero-order valence-corrected chi connectivity index (χ0v) is 9.77. The van der Waals surface area contributed by atoms with Gasteiger partial charge in [0.2, 0.25) is 0 Å². The van der Waals surface area contributed by atoms with Gasteiger partial charge < -0.3 is 0 Å². The lowest BCUT2D eigenvalue weighted by Gasteiger charge is -2.07. The molecule has 0 aliphatic carbocycles. The van der Waals surface area contributed by atoms with Crippen molar-refractivity contribution in [3.8, 4) is 17.2 Å². The average molecular weight is 239 g/mol. The Bertz CT molecular complexity index is 656. The molecule has 18 heavy (non-hydrogen) atoms. The molecule has 0 radical (unpaired) electrons. The number of ketones is 1. The molecular formula is C15H10FNO. The maximum Gasteiger partial charge on any atom is 0.160 e. The van der Waals surface area contributed by atoms with Gasteiger partial charge in [0.25, 0.3) is 0 Å². The number of Topliss-reactive ketones (excluding diaryl/α,β-unsaturated/α-hetero) is 1. The zero-order valence-electron chi connectivity index (χ0n) is 9.77. The number of carbonyl (C=O) groups is 1. The third-order valence-electron chi connectivity index (χ3n) is 2.66. The Hall–Kier alpha value is -2.47. The van der Waals surface area contributed by atoms with E-state index in [4.69, 9.17) is 5.26 Å². The lowest BCUT2D eigenvalue weighted by Crippen LogP contribution is -1.97. The number of carbonyl (C=O) groups excluding carboxylic acids is 1. The van der Waals surface area contributed by atoms with E-state index in [0.29, 0.717) is 22.3 Å². The van der Waals surface area contributed by atoms with Crippen molar-refractivity contribution in [2.75, 3.05) is 0 Å². The molecule has 0 bridgehead atoms. The maximum absolute atomic E-state index is 13.3. The van der Waals surface area contributed by atoms with Crippen LogP contribution in [0, 0.1) is 17.1 Å². The molecule has 0 heterocycles. The molecule has 2 rings (SSSR count). The summed E-state index contributed by atoms with van der Waals surface area (Å²) < 4.78 is 13.3. The highest BCUT2D eigenvalue weighted by Crippen LogP contribution is 2.26. The van der Waals surface area contributed by atoms with Gasteiger partial charge in [-0.3, -0.25) is 4.79 Å². The Morgan fingerprint density at radius 3 is 2.67 bits per heavy atom. The van der Waals surface area contributed by atoms with Crippen LogP contribution in [0.5, 0.6) is 0 Å². The van der Waals surface area contributed by atoms with Gasteiger partial charge in [0.1, 0.15) is 5.82 Å². The molecule has 0 saturated heterocycles. The predicted octanol–water partition coefficient (Wildman–Crippen LogP) is 3.57. The fourth-order valence-electron chi connectivity index (χ4n) is 1.82. The first-order valence-corrected chi connectivity index (χ1v) is 5.43. The molecule has 2 nitrogen and oxygen atoms in total. The van der Waals surface area contributed by atoms with Crippen LogP contribution in [0.1, 0.15) is 22.8 Å². The van der Waals surface area contributed by atoms with E-state index in [0.717, 1.165) is 0 Å². The van der Waals surface area contributed by atoms with E-state index >= 15 is 0 Å². The lowest BCUT2D eigenvalue weighted by molar-refractivity contribution is 0.101. The first kappa shape index (κ1) is 12.0. The number of nitrogens with zero attached hydrogens (tertiary/aromatic N) is 1. The fourth-order valence-corrected chi connectivity index (χ4v) is 1.82. The first-order valence-electron chi connectivity index (χ1n) is 5.43. The van der Waals surface area contributed by atoms with Gasteiger partial charge >= 0.3 is 0 Å². The van der Waals surface area contributed by atoms with Crippen molar-refractivity contribution in [2.24, 2.45) is 0 Å². The summed E-state index contributed by atoms with van der Waals surface area (Å²) in [6, 6.07) is 12.8. The van der Waals surface area contributed by atoms with Gasteiger partial charge in [-0.25, -0.2) is 4.39 Å². The number of benzene rings is 2. The number of rotatable bonds is 2. The molecule has 0 aromatic heterocycles. The molecule has 0 aliphatic heterocycles. The van der Waals surface area contributed by atoms with E-state index in [1.807, 2.05) is 6.07 Å². The van der Waals surface area contributed by atoms with Crippen molar-refractivity contribution in [3.63, 3.8) is 0 Å². The minimum Gasteiger partial charge on any atom is -0.294 e. The number of hydrogen-bond donors (Lipinski definition) is 0. The van der Waals surface area contributed by atoms with Crippen LogP contribution in [-0.4, -0.2) is 5.78 Å². The van der Waals surface area contributed by atoms with Crippen molar-refractivity contribution < 1.29 is 9.18 Å². The Morgan fingerprint density at radius 2 is 2.00 bits per heavy atom. The highest BCUT2D eigenvalue weighted by Gasteiger charge is 2.10. The average Bonchev–Trinajstić information content (AvgIpc) is 2.38. The van der Waals surface area contributed by atoms with Crippen LogP contribution in [0.4, 0.5) is 4.39 Å². The van der Waals surface area contributed by atoms with Crippen LogP contribution in [-0.2, 0) is 0 Å². The van der Waals surface area contributed by atoms with Crippen LogP contribution >= 0.6 is 0 Å². The van der Waals surface area contributed by atoms with Crippen molar-refractivity contribution in [1.29, 1.82) is 5.26 Å². The largest absolute Gasteiger partial charge is 0.294 e. The van der Waals surface area contributed by atoms with Crippen molar-refractivity contribution in [2.45, 2.75) is 6.92 Å². The van der Waals surface area contributed by atoms with Crippen LogP contribution in [0.15, 0.2) is 42.5 Å².